The van der Waals surface area contributed by atoms with Gasteiger partial charge in [-0.05, 0) is 68.8 Å². The molecule has 0 aromatic heterocycles. The molecule has 0 aliphatic carbocycles. The highest BCUT2D eigenvalue weighted by atomic mass is 16.5. The minimum absolute atomic E-state index is 0.294. The lowest BCUT2D eigenvalue weighted by atomic mass is 9.70. The molecule has 1 unspecified atom stereocenters. The zero-order chi connectivity index (χ0) is 13.3. The Labute approximate surface area is 116 Å². The third kappa shape index (κ3) is 2.56. The van der Waals surface area contributed by atoms with Gasteiger partial charge in [0.15, 0.2) is 0 Å². The van der Waals surface area contributed by atoms with Crippen molar-refractivity contribution in [1.82, 2.24) is 5.32 Å². The molecule has 1 N–H and O–H groups in total. The minimum atomic E-state index is 0.294. The molecule has 2 aliphatic rings. The quantitative estimate of drug-likeness (QED) is 0.901. The molecule has 2 heteroatoms. The van der Waals surface area contributed by atoms with Crippen molar-refractivity contribution in [1.29, 1.82) is 0 Å². The molecule has 0 amide bonds. The van der Waals surface area contributed by atoms with Gasteiger partial charge >= 0.3 is 0 Å². The number of hydrogen-bond acceptors (Lipinski definition) is 2. The van der Waals surface area contributed by atoms with Crippen LogP contribution in [0, 0.1) is 19.8 Å². The molecule has 0 saturated carbocycles. The fraction of sp³-hybridized carbons (Fsp3) is 0.647. The van der Waals surface area contributed by atoms with Crippen LogP contribution in [-0.2, 0) is 10.2 Å². The number of benzene rings is 1. The molecule has 2 fully saturated rings. The zero-order valence-electron chi connectivity index (χ0n) is 12.2. The Morgan fingerprint density at radius 1 is 1.26 bits per heavy atom. The Morgan fingerprint density at radius 3 is 2.68 bits per heavy atom. The van der Waals surface area contributed by atoms with Crippen LogP contribution in [0.4, 0.5) is 0 Å². The van der Waals surface area contributed by atoms with Crippen molar-refractivity contribution in [2.75, 3.05) is 26.3 Å². The lowest BCUT2D eigenvalue weighted by molar-refractivity contribution is -0.0727. The number of rotatable bonds is 3. The molecule has 0 spiro atoms. The molecule has 0 radical (unpaired) electrons. The van der Waals surface area contributed by atoms with E-state index in [9.17, 15) is 0 Å². The van der Waals surface area contributed by atoms with Crippen LogP contribution < -0.4 is 5.32 Å². The van der Waals surface area contributed by atoms with Crippen molar-refractivity contribution in [3.63, 3.8) is 0 Å². The first kappa shape index (κ1) is 13.1. The van der Waals surface area contributed by atoms with E-state index in [1.807, 2.05) is 0 Å². The molecular formula is C17H25NO. The van der Waals surface area contributed by atoms with Crippen LogP contribution in [0.25, 0.3) is 0 Å². The summed E-state index contributed by atoms with van der Waals surface area (Å²) in [6.07, 6.45) is 3.98. The lowest BCUT2D eigenvalue weighted by Crippen LogP contribution is -2.49. The van der Waals surface area contributed by atoms with E-state index in [1.165, 1.54) is 49.0 Å². The summed E-state index contributed by atoms with van der Waals surface area (Å²) in [6, 6.07) is 6.97. The van der Waals surface area contributed by atoms with Crippen molar-refractivity contribution in [2.24, 2.45) is 5.92 Å². The Bertz CT molecular complexity index is 445. The van der Waals surface area contributed by atoms with Gasteiger partial charge in [0.2, 0.25) is 0 Å². The van der Waals surface area contributed by atoms with Gasteiger partial charge in [-0.25, -0.2) is 0 Å². The van der Waals surface area contributed by atoms with Crippen molar-refractivity contribution < 1.29 is 4.74 Å². The lowest BCUT2D eigenvalue weighted by Gasteiger charge is -2.45. The van der Waals surface area contributed by atoms with Crippen LogP contribution in [0.3, 0.4) is 0 Å². The number of piperidine rings is 1. The maximum atomic E-state index is 5.58. The monoisotopic (exact) mass is 259 g/mol. The number of nitrogens with one attached hydrogen (secondary N) is 1. The SMILES string of the molecule is Cc1ccc(C2(CC3CCCNC3)COC2)cc1C. The molecule has 1 aromatic rings. The Balaban J connectivity index is 1.79. The molecule has 104 valence electrons. The number of ether oxygens (including phenoxy) is 1. The van der Waals surface area contributed by atoms with Crippen LogP contribution in [0.2, 0.25) is 0 Å². The van der Waals surface area contributed by atoms with E-state index in [4.69, 9.17) is 4.74 Å². The van der Waals surface area contributed by atoms with Gasteiger partial charge in [-0.1, -0.05) is 18.2 Å². The highest BCUT2D eigenvalue weighted by molar-refractivity contribution is 5.36. The van der Waals surface area contributed by atoms with Gasteiger partial charge in [0.05, 0.1) is 13.2 Å². The molecule has 0 bridgehead atoms. The maximum absolute atomic E-state index is 5.58. The Hall–Kier alpha value is -0.860. The Kier molecular flexibility index (Phi) is 3.64. The van der Waals surface area contributed by atoms with Crippen LogP contribution in [0.1, 0.15) is 36.0 Å². The summed E-state index contributed by atoms with van der Waals surface area (Å²) in [6.45, 7) is 8.61. The van der Waals surface area contributed by atoms with Gasteiger partial charge in [0, 0.05) is 5.41 Å². The van der Waals surface area contributed by atoms with Crippen molar-refractivity contribution in [3.05, 3.63) is 34.9 Å². The van der Waals surface area contributed by atoms with Crippen molar-refractivity contribution in [2.45, 2.75) is 38.5 Å². The fourth-order valence-corrected chi connectivity index (χ4v) is 3.47. The van der Waals surface area contributed by atoms with E-state index in [0.29, 0.717) is 5.41 Å². The first-order valence-corrected chi connectivity index (χ1v) is 7.56. The van der Waals surface area contributed by atoms with E-state index >= 15 is 0 Å². The number of aryl methyl sites for hydroxylation is 2. The predicted octanol–water partition coefficient (Wildman–Crippen LogP) is 2.96. The van der Waals surface area contributed by atoms with Gasteiger partial charge < -0.3 is 10.1 Å². The van der Waals surface area contributed by atoms with E-state index in [1.54, 1.807) is 0 Å². The second-order valence-electron chi connectivity index (χ2n) is 6.49. The predicted molar refractivity (Wildman–Crippen MR) is 78.6 cm³/mol. The average molecular weight is 259 g/mol. The van der Waals surface area contributed by atoms with E-state index in [2.05, 4.69) is 37.4 Å². The zero-order valence-corrected chi connectivity index (χ0v) is 12.2. The van der Waals surface area contributed by atoms with E-state index in [0.717, 1.165) is 19.1 Å². The van der Waals surface area contributed by atoms with Crippen LogP contribution >= 0.6 is 0 Å². The van der Waals surface area contributed by atoms with Crippen molar-refractivity contribution in [3.8, 4) is 0 Å². The average Bonchev–Trinajstić information content (AvgIpc) is 2.38. The highest BCUT2D eigenvalue weighted by Crippen LogP contribution is 2.40. The second-order valence-corrected chi connectivity index (χ2v) is 6.49. The molecular weight excluding hydrogens is 234 g/mol. The first-order chi connectivity index (χ1) is 9.20. The van der Waals surface area contributed by atoms with Gasteiger partial charge in [-0.2, -0.15) is 0 Å². The normalized spacial score (nSPS) is 25.9. The summed E-state index contributed by atoms with van der Waals surface area (Å²) < 4.78 is 5.58. The summed E-state index contributed by atoms with van der Waals surface area (Å²) in [7, 11) is 0. The van der Waals surface area contributed by atoms with Gasteiger partial charge in [0.25, 0.3) is 0 Å². The summed E-state index contributed by atoms with van der Waals surface area (Å²) in [5.74, 6) is 0.819. The third-order valence-electron chi connectivity index (χ3n) is 4.95. The molecule has 2 nitrogen and oxygen atoms in total. The molecule has 2 aliphatic heterocycles. The van der Waals surface area contributed by atoms with Crippen LogP contribution in [-0.4, -0.2) is 26.3 Å². The summed E-state index contributed by atoms with van der Waals surface area (Å²) >= 11 is 0. The smallest absolute Gasteiger partial charge is 0.0585 e. The second kappa shape index (κ2) is 5.26. The summed E-state index contributed by atoms with van der Waals surface area (Å²) in [5, 5.41) is 3.54. The minimum Gasteiger partial charge on any atom is -0.379 e. The van der Waals surface area contributed by atoms with Crippen LogP contribution in [0.5, 0.6) is 0 Å². The third-order valence-corrected chi connectivity index (χ3v) is 4.95. The van der Waals surface area contributed by atoms with Gasteiger partial charge in [-0.15, -0.1) is 0 Å². The molecule has 3 rings (SSSR count). The standard InChI is InChI=1S/C17H25NO/c1-13-5-6-16(8-14(13)2)17(11-19-12-17)9-15-4-3-7-18-10-15/h5-6,8,15,18H,3-4,7,9-12H2,1-2H3. The van der Waals surface area contributed by atoms with Crippen LogP contribution in [0.15, 0.2) is 18.2 Å². The van der Waals surface area contributed by atoms with Gasteiger partial charge in [0.1, 0.15) is 0 Å². The van der Waals surface area contributed by atoms with Gasteiger partial charge in [-0.3, -0.25) is 0 Å². The molecule has 2 saturated heterocycles. The largest absolute Gasteiger partial charge is 0.379 e. The molecule has 1 aromatic carbocycles. The Morgan fingerprint density at radius 2 is 2.11 bits per heavy atom. The summed E-state index contributed by atoms with van der Waals surface area (Å²) in [4.78, 5) is 0. The maximum Gasteiger partial charge on any atom is 0.0585 e. The summed E-state index contributed by atoms with van der Waals surface area (Å²) in [5.41, 5.74) is 4.58. The van der Waals surface area contributed by atoms with E-state index < -0.39 is 0 Å². The topological polar surface area (TPSA) is 21.3 Å². The number of hydrogen-bond donors (Lipinski definition) is 1. The molecule has 19 heavy (non-hydrogen) atoms. The molecule has 2 heterocycles. The molecule has 1 atom stereocenters. The van der Waals surface area contributed by atoms with Crippen molar-refractivity contribution >= 4 is 0 Å². The van der Waals surface area contributed by atoms with E-state index in [-0.39, 0.29) is 0 Å². The first-order valence-electron chi connectivity index (χ1n) is 7.56. The highest BCUT2D eigenvalue weighted by Gasteiger charge is 2.42. The fourth-order valence-electron chi connectivity index (χ4n) is 3.47.